The van der Waals surface area contributed by atoms with E-state index >= 15 is 0 Å². The number of hydrogen-bond donors (Lipinski definition) is 2. The van der Waals surface area contributed by atoms with Gasteiger partial charge in [-0.15, -0.1) is 0 Å². The zero-order chi connectivity index (χ0) is 16.3. The van der Waals surface area contributed by atoms with Crippen LogP contribution >= 0.6 is 0 Å². The Morgan fingerprint density at radius 1 is 1.32 bits per heavy atom. The van der Waals surface area contributed by atoms with Crippen LogP contribution in [0.4, 0.5) is 4.79 Å². The molecular weight excluding hydrogens is 290 g/mol. The Hall–Kier alpha value is -1.22. The molecule has 2 aliphatic rings. The van der Waals surface area contributed by atoms with E-state index < -0.39 is 11.8 Å². The number of carbonyl (C=O) groups excluding carboxylic acids is 2. The van der Waals surface area contributed by atoms with E-state index in [2.05, 4.69) is 10.6 Å². The zero-order valence-corrected chi connectivity index (χ0v) is 13.5. The van der Waals surface area contributed by atoms with Crippen molar-refractivity contribution < 1.29 is 23.8 Å². The second-order valence-electron chi connectivity index (χ2n) is 6.28. The molecule has 0 spiro atoms. The SMILES string of the molecule is COCC(C)NC(=O)NC(=O)CN1C[C@@H]2OC(C)(C)O[C@@H]2C1. The summed E-state index contributed by atoms with van der Waals surface area (Å²) in [5, 5.41) is 4.93. The van der Waals surface area contributed by atoms with Crippen LogP contribution in [0.25, 0.3) is 0 Å². The Balaban J connectivity index is 1.70. The minimum atomic E-state index is -0.555. The molecule has 2 saturated heterocycles. The molecule has 2 N–H and O–H groups in total. The highest BCUT2D eigenvalue weighted by Crippen LogP contribution is 2.32. The van der Waals surface area contributed by atoms with Crippen LogP contribution in [0, 0.1) is 0 Å². The van der Waals surface area contributed by atoms with E-state index in [0.717, 1.165) is 0 Å². The fourth-order valence-corrected chi connectivity index (χ4v) is 2.85. The molecule has 8 nitrogen and oxygen atoms in total. The molecule has 0 saturated carbocycles. The van der Waals surface area contributed by atoms with Crippen molar-refractivity contribution in [1.82, 2.24) is 15.5 Å². The Labute approximate surface area is 130 Å². The van der Waals surface area contributed by atoms with E-state index in [-0.39, 0.29) is 30.7 Å². The summed E-state index contributed by atoms with van der Waals surface area (Å²) in [5.74, 6) is -0.900. The number of nitrogens with zero attached hydrogens (tertiary/aromatic N) is 1. The molecule has 0 radical (unpaired) electrons. The van der Waals surface area contributed by atoms with Gasteiger partial charge in [-0.1, -0.05) is 0 Å². The first kappa shape index (κ1) is 17.1. The van der Waals surface area contributed by atoms with Crippen LogP contribution in [0.5, 0.6) is 0 Å². The lowest BCUT2D eigenvalue weighted by atomic mass is 10.3. The standard InChI is InChI=1S/C14H25N3O5/c1-9(8-20-4)15-13(19)16-12(18)7-17-5-10-11(6-17)22-14(2,3)21-10/h9-11H,5-8H2,1-4H3,(H2,15,16,18,19)/t9?,10-,11+. The number of fused-ring (bicyclic) bond motifs is 1. The highest BCUT2D eigenvalue weighted by Gasteiger charge is 2.46. The molecule has 2 rings (SSSR count). The summed E-state index contributed by atoms with van der Waals surface area (Å²) >= 11 is 0. The average Bonchev–Trinajstić information content (AvgIpc) is 2.80. The molecule has 2 heterocycles. The van der Waals surface area contributed by atoms with Crippen LogP contribution in [0.15, 0.2) is 0 Å². The van der Waals surface area contributed by atoms with Gasteiger partial charge in [0.25, 0.3) is 0 Å². The van der Waals surface area contributed by atoms with E-state index in [1.54, 1.807) is 14.0 Å². The highest BCUT2D eigenvalue weighted by molar-refractivity contribution is 5.95. The minimum Gasteiger partial charge on any atom is -0.383 e. The fourth-order valence-electron chi connectivity index (χ4n) is 2.85. The summed E-state index contributed by atoms with van der Waals surface area (Å²) in [6, 6.07) is -0.671. The quantitative estimate of drug-likeness (QED) is 0.723. The molecule has 22 heavy (non-hydrogen) atoms. The number of urea groups is 1. The van der Waals surface area contributed by atoms with Gasteiger partial charge in [-0.25, -0.2) is 4.79 Å². The average molecular weight is 315 g/mol. The smallest absolute Gasteiger partial charge is 0.321 e. The lowest BCUT2D eigenvalue weighted by Crippen LogP contribution is -2.48. The number of rotatable bonds is 5. The summed E-state index contributed by atoms with van der Waals surface area (Å²) in [7, 11) is 1.55. The summed E-state index contributed by atoms with van der Waals surface area (Å²) in [4.78, 5) is 25.4. The second kappa shape index (κ2) is 6.91. The third kappa shape index (κ3) is 4.64. The van der Waals surface area contributed by atoms with Crippen molar-refractivity contribution in [3.05, 3.63) is 0 Å². The lowest BCUT2D eigenvalue weighted by molar-refractivity contribution is -0.155. The van der Waals surface area contributed by atoms with E-state index in [1.807, 2.05) is 18.7 Å². The number of hydrogen-bond acceptors (Lipinski definition) is 6. The number of methoxy groups -OCH3 is 1. The van der Waals surface area contributed by atoms with Gasteiger partial charge < -0.3 is 19.5 Å². The molecule has 0 aromatic heterocycles. The number of ether oxygens (including phenoxy) is 3. The van der Waals surface area contributed by atoms with Crippen molar-refractivity contribution >= 4 is 11.9 Å². The Bertz CT molecular complexity index is 413. The molecule has 0 aliphatic carbocycles. The molecule has 0 aromatic rings. The van der Waals surface area contributed by atoms with E-state index in [0.29, 0.717) is 19.7 Å². The van der Waals surface area contributed by atoms with Crippen LogP contribution in [0.1, 0.15) is 20.8 Å². The Morgan fingerprint density at radius 2 is 1.91 bits per heavy atom. The van der Waals surface area contributed by atoms with Crippen LogP contribution < -0.4 is 10.6 Å². The van der Waals surface area contributed by atoms with E-state index in [9.17, 15) is 9.59 Å². The summed E-state index contributed by atoms with van der Waals surface area (Å²) in [6.45, 7) is 7.35. The molecule has 1 unspecified atom stereocenters. The zero-order valence-electron chi connectivity index (χ0n) is 13.5. The summed E-state index contributed by atoms with van der Waals surface area (Å²) in [5.41, 5.74) is 0. The normalized spacial score (nSPS) is 28.2. The molecule has 2 aliphatic heterocycles. The maximum atomic E-state index is 11.9. The maximum Gasteiger partial charge on any atom is 0.321 e. The van der Waals surface area contributed by atoms with Crippen LogP contribution in [-0.4, -0.2) is 74.2 Å². The van der Waals surface area contributed by atoms with Crippen molar-refractivity contribution in [3.8, 4) is 0 Å². The molecule has 3 atom stereocenters. The molecule has 8 heteroatoms. The minimum absolute atomic E-state index is 0.0154. The summed E-state index contributed by atoms with van der Waals surface area (Å²) < 4.78 is 16.4. The van der Waals surface area contributed by atoms with Crippen LogP contribution in [0.2, 0.25) is 0 Å². The van der Waals surface area contributed by atoms with Gasteiger partial charge in [0.15, 0.2) is 5.79 Å². The number of imide groups is 1. The van der Waals surface area contributed by atoms with Crippen molar-refractivity contribution in [2.45, 2.75) is 44.8 Å². The van der Waals surface area contributed by atoms with Gasteiger partial charge in [0.2, 0.25) is 5.91 Å². The van der Waals surface area contributed by atoms with Gasteiger partial charge in [0.05, 0.1) is 19.2 Å². The van der Waals surface area contributed by atoms with E-state index in [1.165, 1.54) is 0 Å². The largest absolute Gasteiger partial charge is 0.383 e. The third-order valence-electron chi connectivity index (χ3n) is 3.58. The fraction of sp³-hybridized carbons (Fsp3) is 0.857. The lowest BCUT2D eigenvalue weighted by Gasteiger charge is -2.22. The molecule has 126 valence electrons. The number of likely N-dealkylation sites (tertiary alicyclic amines) is 1. The van der Waals surface area contributed by atoms with Gasteiger partial charge in [-0.05, 0) is 20.8 Å². The number of nitrogens with one attached hydrogen (secondary N) is 2. The summed E-state index contributed by atoms with van der Waals surface area (Å²) in [6.07, 6.45) is -0.0308. The molecule has 0 bridgehead atoms. The van der Waals surface area contributed by atoms with Gasteiger partial charge >= 0.3 is 6.03 Å². The van der Waals surface area contributed by atoms with Crippen molar-refractivity contribution in [3.63, 3.8) is 0 Å². The first-order chi connectivity index (χ1) is 10.3. The van der Waals surface area contributed by atoms with Gasteiger partial charge in [-0.2, -0.15) is 0 Å². The van der Waals surface area contributed by atoms with Crippen LogP contribution in [-0.2, 0) is 19.0 Å². The van der Waals surface area contributed by atoms with Crippen molar-refractivity contribution in [2.75, 3.05) is 33.4 Å². The number of amides is 3. The molecular formula is C14H25N3O5. The molecule has 0 aromatic carbocycles. The number of carbonyl (C=O) groups is 2. The van der Waals surface area contributed by atoms with Crippen molar-refractivity contribution in [1.29, 1.82) is 0 Å². The maximum absolute atomic E-state index is 11.9. The predicted molar refractivity (Wildman–Crippen MR) is 78.3 cm³/mol. The van der Waals surface area contributed by atoms with E-state index in [4.69, 9.17) is 14.2 Å². The molecule has 2 fully saturated rings. The highest BCUT2D eigenvalue weighted by atomic mass is 16.8. The third-order valence-corrected chi connectivity index (χ3v) is 3.58. The Morgan fingerprint density at radius 3 is 2.45 bits per heavy atom. The topological polar surface area (TPSA) is 89.1 Å². The van der Waals surface area contributed by atoms with Gasteiger partial charge in [0.1, 0.15) is 12.2 Å². The Kier molecular flexibility index (Phi) is 5.38. The van der Waals surface area contributed by atoms with Crippen LogP contribution in [0.3, 0.4) is 0 Å². The predicted octanol–water partition coefficient (Wildman–Crippen LogP) is -0.317. The second-order valence-corrected chi connectivity index (χ2v) is 6.28. The first-order valence-corrected chi connectivity index (χ1v) is 7.46. The van der Waals surface area contributed by atoms with Gasteiger partial charge in [0, 0.05) is 20.2 Å². The monoisotopic (exact) mass is 315 g/mol. The van der Waals surface area contributed by atoms with Crippen molar-refractivity contribution in [2.24, 2.45) is 0 Å². The van der Waals surface area contributed by atoms with Gasteiger partial charge in [-0.3, -0.25) is 15.0 Å². The molecule has 3 amide bonds. The first-order valence-electron chi connectivity index (χ1n) is 7.46.